The number of ether oxygens (including phenoxy) is 1. The van der Waals surface area contributed by atoms with E-state index >= 15 is 0 Å². The van der Waals surface area contributed by atoms with Gasteiger partial charge >= 0.3 is 0 Å². The highest BCUT2D eigenvalue weighted by atomic mass is 16.5. The summed E-state index contributed by atoms with van der Waals surface area (Å²) >= 11 is 0. The second-order valence-corrected chi connectivity index (χ2v) is 5.60. The Morgan fingerprint density at radius 1 is 1.14 bits per heavy atom. The van der Waals surface area contributed by atoms with Crippen LogP contribution < -0.4 is 9.64 Å². The van der Waals surface area contributed by atoms with Crippen LogP contribution >= 0.6 is 0 Å². The second kappa shape index (κ2) is 6.71. The SMILES string of the molecule is OCCCN1CC(Cc2ccccc2)Oc2ccc(O)cc21. The average Bonchev–Trinajstić information content (AvgIpc) is 2.54. The number of phenolic OH excluding ortho intramolecular Hbond substituents is 1. The van der Waals surface area contributed by atoms with Crippen molar-refractivity contribution in [3.8, 4) is 11.5 Å². The molecule has 22 heavy (non-hydrogen) atoms. The molecule has 2 N–H and O–H groups in total. The van der Waals surface area contributed by atoms with Crippen LogP contribution in [0.4, 0.5) is 5.69 Å². The van der Waals surface area contributed by atoms with E-state index in [0.717, 1.165) is 30.9 Å². The number of benzene rings is 2. The van der Waals surface area contributed by atoms with Gasteiger partial charge in [-0.2, -0.15) is 0 Å². The molecule has 0 radical (unpaired) electrons. The Bertz CT molecular complexity index is 615. The number of phenols is 1. The third-order valence-corrected chi connectivity index (χ3v) is 3.89. The first-order valence-corrected chi connectivity index (χ1v) is 7.65. The summed E-state index contributed by atoms with van der Waals surface area (Å²) in [6, 6.07) is 15.5. The van der Waals surface area contributed by atoms with Crippen molar-refractivity contribution in [2.75, 3.05) is 24.6 Å². The molecule has 2 aromatic carbocycles. The fourth-order valence-electron chi connectivity index (χ4n) is 2.87. The number of aliphatic hydroxyl groups excluding tert-OH is 1. The molecule has 4 nitrogen and oxygen atoms in total. The summed E-state index contributed by atoms with van der Waals surface area (Å²) in [5.74, 6) is 1.03. The Labute approximate surface area is 130 Å². The summed E-state index contributed by atoms with van der Waals surface area (Å²) in [7, 11) is 0. The molecule has 0 aliphatic carbocycles. The van der Waals surface area contributed by atoms with E-state index in [1.807, 2.05) is 24.3 Å². The molecule has 1 aliphatic heterocycles. The van der Waals surface area contributed by atoms with E-state index in [9.17, 15) is 5.11 Å². The zero-order valence-electron chi connectivity index (χ0n) is 12.5. The lowest BCUT2D eigenvalue weighted by Gasteiger charge is -2.36. The van der Waals surface area contributed by atoms with Crippen LogP contribution in [0.1, 0.15) is 12.0 Å². The average molecular weight is 299 g/mol. The maximum absolute atomic E-state index is 9.70. The normalized spacial score (nSPS) is 17.0. The van der Waals surface area contributed by atoms with Gasteiger partial charge in [0.15, 0.2) is 0 Å². The zero-order valence-corrected chi connectivity index (χ0v) is 12.5. The minimum Gasteiger partial charge on any atom is -0.508 e. The smallest absolute Gasteiger partial charge is 0.143 e. The van der Waals surface area contributed by atoms with Crippen LogP contribution in [0, 0.1) is 0 Å². The topological polar surface area (TPSA) is 52.9 Å². The van der Waals surface area contributed by atoms with E-state index in [-0.39, 0.29) is 18.5 Å². The van der Waals surface area contributed by atoms with Crippen molar-refractivity contribution in [2.45, 2.75) is 18.9 Å². The van der Waals surface area contributed by atoms with Gasteiger partial charge in [0.2, 0.25) is 0 Å². The van der Waals surface area contributed by atoms with Gasteiger partial charge in [0.25, 0.3) is 0 Å². The second-order valence-electron chi connectivity index (χ2n) is 5.60. The maximum atomic E-state index is 9.70. The zero-order chi connectivity index (χ0) is 15.4. The number of anilines is 1. The van der Waals surface area contributed by atoms with E-state index in [1.54, 1.807) is 12.1 Å². The number of rotatable bonds is 5. The van der Waals surface area contributed by atoms with Gasteiger partial charge < -0.3 is 19.8 Å². The minimum atomic E-state index is 0.0677. The highest BCUT2D eigenvalue weighted by Gasteiger charge is 2.25. The van der Waals surface area contributed by atoms with E-state index < -0.39 is 0 Å². The standard InChI is InChI=1S/C18H21NO3/c20-10-4-9-19-13-16(11-14-5-2-1-3-6-14)22-18-8-7-15(21)12-17(18)19/h1-3,5-8,12,16,20-21H,4,9-11,13H2. The Hall–Kier alpha value is -2.20. The van der Waals surface area contributed by atoms with Crippen LogP contribution in [0.15, 0.2) is 48.5 Å². The van der Waals surface area contributed by atoms with Gasteiger partial charge in [-0.05, 0) is 24.1 Å². The fraction of sp³-hybridized carbons (Fsp3) is 0.333. The van der Waals surface area contributed by atoms with Crippen LogP contribution in [-0.4, -0.2) is 36.0 Å². The van der Waals surface area contributed by atoms with Gasteiger partial charge in [-0.1, -0.05) is 30.3 Å². The molecule has 0 aromatic heterocycles. The number of aromatic hydroxyl groups is 1. The lowest BCUT2D eigenvalue weighted by atomic mass is 10.1. The monoisotopic (exact) mass is 299 g/mol. The summed E-state index contributed by atoms with van der Waals surface area (Å²) in [4.78, 5) is 2.18. The van der Waals surface area contributed by atoms with Gasteiger partial charge in [-0.25, -0.2) is 0 Å². The van der Waals surface area contributed by atoms with Gasteiger partial charge in [0.05, 0.1) is 12.2 Å². The Morgan fingerprint density at radius 3 is 2.73 bits per heavy atom. The van der Waals surface area contributed by atoms with Gasteiger partial charge in [-0.15, -0.1) is 0 Å². The van der Waals surface area contributed by atoms with Crippen LogP contribution in [0.25, 0.3) is 0 Å². The van der Waals surface area contributed by atoms with Crippen molar-refractivity contribution in [1.82, 2.24) is 0 Å². The summed E-state index contributed by atoms with van der Waals surface area (Å²) in [6.07, 6.45) is 1.61. The van der Waals surface area contributed by atoms with E-state index in [0.29, 0.717) is 6.42 Å². The van der Waals surface area contributed by atoms with Crippen LogP contribution in [0.3, 0.4) is 0 Å². The van der Waals surface area contributed by atoms with Crippen molar-refractivity contribution in [2.24, 2.45) is 0 Å². The van der Waals surface area contributed by atoms with Crippen LogP contribution in [0.5, 0.6) is 11.5 Å². The fourth-order valence-corrected chi connectivity index (χ4v) is 2.87. The lowest BCUT2D eigenvalue weighted by Crippen LogP contribution is -2.41. The molecule has 0 bridgehead atoms. The molecule has 0 fully saturated rings. The molecule has 0 saturated carbocycles. The van der Waals surface area contributed by atoms with Crippen LogP contribution in [0.2, 0.25) is 0 Å². The minimum absolute atomic E-state index is 0.0677. The van der Waals surface area contributed by atoms with Gasteiger partial charge in [-0.3, -0.25) is 0 Å². The van der Waals surface area contributed by atoms with Gasteiger partial charge in [0.1, 0.15) is 17.6 Å². The quantitative estimate of drug-likeness (QED) is 0.891. The highest BCUT2D eigenvalue weighted by molar-refractivity contribution is 5.63. The predicted octanol–water partition coefficient (Wildman–Crippen LogP) is 2.58. The molecule has 1 unspecified atom stereocenters. The molecule has 1 heterocycles. The van der Waals surface area contributed by atoms with Crippen molar-refractivity contribution in [3.05, 3.63) is 54.1 Å². The molecular formula is C18H21NO3. The highest BCUT2D eigenvalue weighted by Crippen LogP contribution is 2.36. The van der Waals surface area contributed by atoms with Crippen molar-refractivity contribution < 1.29 is 14.9 Å². The van der Waals surface area contributed by atoms with E-state index in [4.69, 9.17) is 9.84 Å². The van der Waals surface area contributed by atoms with Crippen molar-refractivity contribution in [1.29, 1.82) is 0 Å². The Balaban J connectivity index is 1.80. The number of hydrogen-bond acceptors (Lipinski definition) is 4. The molecule has 116 valence electrons. The van der Waals surface area contributed by atoms with Gasteiger partial charge in [0, 0.05) is 25.6 Å². The number of fused-ring (bicyclic) bond motifs is 1. The summed E-state index contributed by atoms with van der Waals surface area (Å²) < 4.78 is 6.09. The van der Waals surface area contributed by atoms with Crippen molar-refractivity contribution >= 4 is 5.69 Å². The van der Waals surface area contributed by atoms with Crippen molar-refractivity contribution in [3.63, 3.8) is 0 Å². The number of nitrogens with zero attached hydrogens (tertiary/aromatic N) is 1. The van der Waals surface area contributed by atoms with E-state index in [1.165, 1.54) is 5.56 Å². The first-order chi connectivity index (χ1) is 10.8. The largest absolute Gasteiger partial charge is 0.508 e. The third kappa shape index (κ3) is 3.34. The summed E-state index contributed by atoms with van der Waals surface area (Å²) in [6.45, 7) is 1.67. The first-order valence-electron chi connectivity index (χ1n) is 7.65. The summed E-state index contributed by atoms with van der Waals surface area (Å²) in [5, 5.41) is 18.8. The molecule has 4 heteroatoms. The Morgan fingerprint density at radius 2 is 1.95 bits per heavy atom. The number of hydrogen-bond donors (Lipinski definition) is 2. The molecule has 0 amide bonds. The Kier molecular flexibility index (Phi) is 4.49. The molecule has 1 aliphatic rings. The maximum Gasteiger partial charge on any atom is 0.143 e. The third-order valence-electron chi connectivity index (χ3n) is 3.89. The molecule has 0 spiro atoms. The molecule has 3 rings (SSSR count). The first kappa shape index (κ1) is 14.7. The summed E-state index contributed by atoms with van der Waals surface area (Å²) in [5.41, 5.74) is 2.15. The predicted molar refractivity (Wildman–Crippen MR) is 86.6 cm³/mol. The molecule has 2 aromatic rings. The molecular weight excluding hydrogens is 278 g/mol. The van der Waals surface area contributed by atoms with E-state index in [2.05, 4.69) is 17.0 Å². The number of aliphatic hydroxyl groups is 1. The lowest BCUT2D eigenvalue weighted by molar-refractivity contribution is 0.191. The molecule has 0 saturated heterocycles. The molecule has 1 atom stereocenters. The van der Waals surface area contributed by atoms with Crippen LogP contribution in [-0.2, 0) is 6.42 Å².